The van der Waals surface area contributed by atoms with Crippen LogP contribution in [0.4, 0.5) is 5.69 Å². The molecule has 1 unspecified atom stereocenters. The van der Waals surface area contributed by atoms with Gasteiger partial charge in [0.15, 0.2) is 5.17 Å². The molecule has 0 aliphatic carbocycles. The lowest BCUT2D eigenvalue weighted by Crippen LogP contribution is -2.41. The molecule has 1 saturated heterocycles. The fourth-order valence-corrected chi connectivity index (χ4v) is 3.24. The van der Waals surface area contributed by atoms with Crippen molar-refractivity contribution in [3.63, 3.8) is 0 Å². The molecule has 5 nitrogen and oxygen atoms in total. The average Bonchev–Trinajstić information content (AvgIpc) is 2.54. The maximum absolute atomic E-state index is 12.3. The van der Waals surface area contributed by atoms with Gasteiger partial charge in [-0.2, -0.15) is 0 Å². The summed E-state index contributed by atoms with van der Waals surface area (Å²) in [6.07, 6.45) is 0.156. The summed E-state index contributed by atoms with van der Waals surface area (Å²) in [5, 5.41) is 7.71. The second-order valence-corrected chi connectivity index (χ2v) is 6.13. The van der Waals surface area contributed by atoms with Gasteiger partial charge in [-0.05, 0) is 22.9 Å². The van der Waals surface area contributed by atoms with E-state index in [0.717, 1.165) is 16.5 Å². The molecule has 6 heteroatoms. The first-order valence-corrected chi connectivity index (χ1v) is 7.76. The summed E-state index contributed by atoms with van der Waals surface area (Å²) in [5.74, 6) is -0.366. The highest BCUT2D eigenvalue weighted by atomic mass is 32.2. The lowest BCUT2D eigenvalue weighted by atomic mass is 10.1. The normalized spacial score (nSPS) is 20.0. The van der Waals surface area contributed by atoms with Crippen LogP contribution in [0.2, 0.25) is 0 Å². The number of nitrogens with zero attached hydrogens (tertiary/aromatic N) is 1. The highest BCUT2D eigenvalue weighted by molar-refractivity contribution is 8.15. The Morgan fingerprint density at radius 2 is 2.05 bits per heavy atom. The van der Waals surface area contributed by atoms with Crippen molar-refractivity contribution < 1.29 is 9.59 Å². The van der Waals surface area contributed by atoms with Crippen molar-refractivity contribution in [3.05, 3.63) is 42.5 Å². The molecule has 2 N–H and O–H groups in total. The van der Waals surface area contributed by atoms with E-state index in [2.05, 4.69) is 15.6 Å². The third kappa shape index (κ3) is 3.12. The summed E-state index contributed by atoms with van der Waals surface area (Å²) >= 11 is 1.27. The van der Waals surface area contributed by atoms with Crippen molar-refractivity contribution in [2.24, 2.45) is 4.99 Å². The number of amides is 2. The highest BCUT2D eigenvalue weighted by Gasteiger charge is 2.29. The van der Waals surface area contributed by atoms with Crippen LogP contribution in [-0.2, 0) is 9.59 Å². The second-order valence-electron chi connectivity index (χ2n) is 4.94. The van der Waals surface area contributed by atoms with Crippen LogP contribution in [0.15, 0.2) is 47.5 Å². The van der Waals surface area contributed by atoms with E-state index >= 15 is 0 Å². The minimum atomic E-state index is -0.459. The number of fused-ring (bicyclic) bond motifs is 1. The van der Waals surface area contributed by atoms with Crippen LogP contribution >= 0.6 is 11.8 Å². The minimum absolute atomic E-state index is 0.156. The molecule has 1 aliphatic rings. The fourth-order valence-electron chi connectivity index (χ4n) is 2.29. The molecule has 2 aromatic carbocycles. The Balaban J connectivity index is 1.76. The van der Waals surface area contributed by atoms with Crippen LogP contribution in [0, 0.1) is 0 Å². The lowest BCUT2D eigenvalue weighted by molar-refractivity contribution is -0.123. The monoisotopic (exact) mass is 313 g/mol. The summed E-state index contributed by atoms with van der Waals surface area (Å²) in [6.45, 7) is 0. The van der Waals surface area contributed by atoms with Gasteiger partial charge in [-0.1, -0.05) is 42.1 Å². The van der Waals surface area contributed by atoms with Crippen molar-refractivity contribution in [2.75, 3.05) is 12.4 Å². The SMILES string of the molecule is CN=C1NC(=O)CC(C(=O)Nc2ccc3ccccc3c2)S1. The topological polar surface area (TPSA) is 70.6 Å². The van der Waals surface area contributed by atoms with Gasteiger partial charge in [-0.25, -0.2) is 0 Å². The van der Waals surface area contributed by atoms with Gasteiger partial charge in [0.05, 0.1) is 0 Å². The number of hydrogen-bond donors (Lipinski definition) is 2. The Bertz CT molecular complexity index is 773. The number of rotatable bonds is 2. The van der Waals surface area contributed by atoms with Crippen LogP contribution in [0.5, 0.6) is 0 Å². The lowest BCUT2D eigenvalue weighted by Gasteiger charge is -2.22. The maximum atomic E-state index is 12.3. The fraction of sp³-hybridized carbons (Fsp3) is 0.188. The molecule has 1 atom stereocenters. The molecule has 2 aromatic rings. The van der Waals surface area contributed by atoms with Crippen LogP contribution in [0.3, 0.4) is 0 Å². The third-order valence-corrected chi connectivity index (χ3v) is 4.56. The number of nitrogens with one attached hydrogen (secondary N) is 2. The molecule has 0 saturated carbocycles. The Labute approximate surface area is 132 Å². The number of anilines is 1. The maximum Gasteiger partial charge on any atom is 0.238 e. The Hall–Kier alpha value is -2.34. The molecule has 1 fully saturated rings. The molecule has 112 valence electrons. The first-order valence-electron chi connectivity index (χ1n) is 6.88. The molecule has 0 radical (unpaired) electrons. The minimum Gasteiger partial charge on any atom is -0.325 e. The molecule has 0 aromatic heterocycles. The van der Waals surface area contributed by atoms with Crippen molar-refractivity contribution in [1.29, 1.82) is 0 Å². The second kappa shape index (κ2) is 6.19. The first-order chi connectivity index (χ1) is 10.7. The molecule has 0 spiro atoms. The molecule has 1 heterocycles. The number of carbonyl (C=O) groups is 2. The predicted molar refractivity (Wildman–Crippen MR) is 90.1 cm³/mol. The molecule has 2 amide bonds. The summed E-state index contributed by atoms with van der Waals surface area (Å²) in [6, 6.07) is 13.7. The van der Waals surface area contributed by atoms with E-state index in [9.17, 15) is 9.59 Å². The molecule has 1 aliphatic heterocycles. The molecule has 22 heavy (non-hydrogen) atoms. The predicted octanol–water partition coefficient (Wildman–Crippen LogP) is 2.39. The van der Waals surface area contributed by atoms with E-state index in [1.165, 1.54) is 11.8 Å². The van der Waals surface area contributed by atoms with Gasteiger partial charge in [-0.3, -0.25) is 14.6 Å². The van der Waals surface area contributed by atoms with Crippen molar-refractivity contribution >= 4 is 45.2 Å². The largest absolute Gasteiger partial charge is 0.325 e. The number of hydrogen-bond acceptors (Lipinski definition) is 4. The number of amidine groups is 1. The van der Waals surface area contributed by atoms with E-state index in [-0.39, 0.29) is 18.2 Å². The van der Waals surface area contributed by atoms with Gasteiger partial charge in [0.2, 0.25) is 11.8 Å². The van der Waals surface area contributed by atoms with Crippen molar-refractivity contribution in [2.45, 2.75) is 11.7 Å². The molecular formula is C16H15N3O2S. The first kappa shape index (κ1) is 14.6. The Morgan fingerprint density at radius 3 is 2.82 bits per heavy atom. The van der Waals surface area contributed by atoms with E-state index in [0.29, 0.717) is 5.17 Å². The van der Waals surface area contributed by atoms with Crippen LogP contribution < -0.4 is 10.6 Å². The Kier molecular flexibility index (Phi) is 4.11. The smallest absolute Gasteiger partial charge is 0.238 e. The quantitative estimate of drug-likeness (QED) is 0.894. The number of thioether (sulfide) groups is 1. The third-order valence-electron chi connectivity index (χ3n) is 3.38. The molecular weight excluding hydrogens is 298 g/mol. The van der Waals surface area contributed by atoms with E-state index in [1.807, 2.05) is 42.5 Å². The zero-order chi connectivity index (χ0) is 15.5. The Morgan fingerprint density at radius 1 is 1.27 bits per heavy atom. The number of carbonyl (C=O) groups excluding carboxylic acids is 2. The summed E-state index contributed by atoms with van der Waals surface area (Å²) in [4.78, 5) is 27.9. The van der Waals surface area contributed by atoms with E-state index in [1.54, 1.807) is 7.05 Å². The van der Waals surface area contributed by atoms with Gasteiger partial charge < -0.3 is 10.6 Å². The molecule has 0 bridgehead atoms. The molecule has 3 rings (SSSR count). The van der Waals surface area contributed by atoms with Gasteiger partial charge in [0.1, 0.15) is 5.25 Å². The van der Waals surface area contributed by atoms with Crippen molar-refractivity contribution in [1.82, 2.24) is 5.32 Å². The summed E-state index contributed by atoms with van der Waals surface area (Å²) in [5.41, 5.74) is 0.727. The van der Waals surface area contributed by atoms with Gasteiger partial charge in [0.25, 0.3) is 0 Å². The number of aliphatic imine (C=N–C) groups is 1. The van der Waals surface area contributed by atoms with Crippen molar-refractivity contribution in [3.8, 4) is 0 Å². The zero-order valence-corrected chi connectivity index (χ0v) is 12.8. The summed E-state index contributed by atoms with van der Waals surface area (Å²) in [7, 11) is 1.59. The van der Waals surface area contributed by atoms with Crippen LogP contribution in [-0.4, -0.2) is 29.3 Å². The highest BCUT2D eigenvalue weighted by Crippen LogP contribution is 2.23. The average molecular weight is 313 g/mol. The van der Waals surface area contributed by atoms with Gasteiger partial charge in [-0.15, -0.1) is 0 Å². The van der Waals surface area contributed by atoms with E-state index in [4.69, 9.17) is 0 Å². The standard InChI is InChI=1S/C16H15N3O2S/c1-17-16-19-14(20)9-13(22-16)15(21)18-12-7-6-10-4-2-3-5-11(10)8-12/h2-8,13H,9H2,1H3,(H,18,21)(H,17,19,20). The van der Waals surface area contributed by atoms with Gasteiger partial charge in [0, 0.05) is 19.2 Å². The van der Waals surface area contributed by atoms with E-state index < -0.39 is 5.25 Å². The zero-order valence-electron chi connectivity index (χ0n) is 12.0. The summed E-state index contributed by atoms with van der Waals surface area (Å²) < 4.78 is 0. The van der Waals surface area contributed by atoms with Gasteiger partial charge >= 0.3 is 0 Å². The van der Waals surface area contributed by atoms with Crippen LogP contribution in [0.1, 0.15) is 6.42 Å². The number of benzene rings is 2. The van der Waals surface area contributed by atoms with Crippen LogP contribution in [0.25, 0.3) is 10.8 Å².